The van der Waals surface area contributed by atoms with Gasteiger partial charge in [-0.2, -0.15) is 0 Å². The molecule has 2 aromatic heterocycles. The van der Waals surface area contributed by atoms with E-state index < -0.39 is 0 Å². The lowest BCUT2D eigenvalue weighted by molar-refractivity contribution is 0.477. The van der Waals surface area contributed by atoms with E-state index in [0.717, 1.165) is 10.1 Å². The maximum absolute atomic E-state index is 12.3. The fraction of sp³-hybridized carbons (Fsp3) is 0.0588. The first-order chi connectivity index (χ1) is 11.6. The predicted molar refractivity (Wildman–Crippen MR) is 98.2 cm³/mol. The van der Waals surface area contributed by atoms with Crippen LogP contribution in [0.2, 0.25) is 5.02 Å². The van der Waals surface area contributed by atoms with Gasteiger partial charge >= 0.3 is 0 Å². The Hall–Kier alpha value is -2.57. The molecule has 0 amide bonds. The highest BCUT2D eigenvalue weighted by Crippen LogP contribution is 2.32. The Labute approximate surface area is 145 Å². The second kappa shape index (κ2) is 5.81. The number of hydrogen-bond acceptors (Lipinski definition) is 5. The zero-order chi connectivity index (χ0) is 16.7. The predicted octanol–water partition coefficient (Wildman–Crippen LogP) is 4.11. The van der Waals surface area contributed by atoms with Crippen LogP contribution in [0.5, 0.6) is 5.75 Å². The number of nitrogens with zero attached hydrogens (tertiary/aromatic N) is 1. The van der Waals surface area contributed by atoms with Gasteiger partial charge in [0.05, 0.1) is 17.7 Å². The molecule has 0 radical (unpaired) electrons. The number of phenolic OH excluding ortho intramolecular Hbond substituents is 1. The van der Waals surface area contributed by atoms with E-state index in [1.54, 1.807) is 24.3 Å². The molecule has 2 heterocycles. The fourth-order valence-corrected chi connectivity index (χ4v) is 3.75. The lowest BCUT2D eigenvalue weighted by Crippen LogP contribution is -2.13. The molecule has 0 saturated heterocycles. The van der Waals surface area contributed by atoms with Crippen molar-refractivity contribution in [1.29, 1.82) is 0 Å². The third kappa shape index (κ3) is 2.60. The van der Waals surface area contributed by atoms with Crippen LogP contribution in [0.1, 0.15) is 5.82 Å². The van der Waals surface area contributed by atoms with E-state index in [-0.39, 0.29) is 11.3 Å². The van der Waals surface area contributed by atoms with Gasteiger partial charge in [-0.25, -0.2) is 4.98 Å². The molecular formula is C17H12ClN3O2S. The lowest BCUT2D eigenvalue weighted by atomic mass is 10.2. The maximum atomic E-state index is 12.3. The van der Waals surface area contributed by atoms with Gasteiger partial charge in [0.1, 0.15) is 16.3 Å². The molecule has 2 aromatic carbocycles. The second-order valence-electron chi connectivity index (χ2n) is 5.30. The van der Waals surface area contributed by atoms with E-state index in [0.29, 0.717) is 33.3 Å². The van der Waals surface area contributed by atoms with Crippen molar-refractivity contribution >= 4 is 48.9 Å². The first kappa shape index (κ1) is 15.0. The second-order valence-corrected chi connectivity index (χ2v) is 6.79. The van der Waals surface area contributed by atoms with Crippen molar-refractivity contribution in [3.8, 4) is 5.75 Å². The molecule has 7 heteroatoms. The number of fused-ring (bicyclic) bond motifs is 3. The topological polar surface area (TPSA) is 78.0 Å². The van der Waals surface area contributed by atoms with Crippen molar-refractivity contribution in [2.45, 2.75) is 6.54 Å². The number of thiophene rings is 1. The number of H-pyrrole nitrogens is 1. The van der Waals surface area contributed by atoms with E-state index in [9.17, 15) is 9.90 Å². The molecule has 5 nitrogen and oxygen atoms in total. The summed E-state index contributed by atoms with van der Waals surface area (Å²) in [6.07, 6.45) is 0. The maximum Gasteiger partial charge on any atom is 0.268 e. The number of benzene rings is 2. The van der Waals surface area contributed by atoms with Crippen LogP contribution in [0.25, 0.3) is 20.3 Å². The third-order valence-corrected chi connectivity index (χ3v) is 5.08. The highest BCUT2D eigenvalue weighted by Gasteiger charge is 2.12. The van der Waals surface area contributed by atoms with Crippen LogP contribution < -0.4 is 10.9 Å². The Bertz CT molecular complexity index is 1120. The lowest BCUT2D eigenvalue weighted by Gasteiger charge is -2.07. The number of phenols is 1. The quantitative estimate of drug-likeness (QED) is 0.482. The molecule has 24 heavy (non-hydrogen) atoms. The summed E-state index contributed by atoms with van der Waals surface area (Å²) in [5.41, 5.74) is 1.06. The van der Waals surface area contributed by atoms with Crippen LogP contribution in [0.4, 0.5) is 5.69 Å². The molecule has 0 fully saturated rings. The summed E-state index contributed by atoms with van der Waals surface area (Å²) in [6, 6.07) is 12.4. The van der Waals surface area contributed by atoms with Crippen LogP contribution in [-0.4, -0.2) is 15.1 Å². The van der Waals surface area contributed by atoms with Gasteiger partial charge in [0, 0.05) is 15.1 Å². The number of rotatable bonds is 3. The third-order valence-electron chi connectivity index (χ3n) is 3.68. The summed E-state index contributed by atoms with van der Waals surface area (Å²) < 4.78 is 1.55. The van der Waals surface area contributed by atoms with E-state index in [2.05, 4.69) is 15.3 Å². The first-order valence-corrected chi connectivity index (χ1v) is 8.44. The minimum absolute atomic E-state index is 0.147. The number of para-hydroxylation sites is 2. The summed E-state index contributed by atoms with van der Waals surface area (Å²) in [7, 11) is 0. The van der Waals surface area contributed by atoms with Gasteiger partial charge in [-0.3, -0.25) is 4.79 Å². The molecule has 3 N–H and O–H groups in total. The Kier molecular flexibility index (Phi) is 3.63. The van der Waals surface area contributed by atoms with Crippen LogP contribution in [0.3, 0.4) is 0 Å². The Balaban J connectivity index is 1.76. The number of aromatic hydroxyl groups is 1. The van der Waals surface area contributed by atoms with Crippen molar-refractivity contribution < 1.29 is 5.11 Å². The number of halogens is 1. The number of aromatic nitrogens is 2. The zero-order valence-electron chi connectivity index (χ0n) is 12.3. The summed E-state index contributed by atoms with van der Waals surface area (Å²) in [5.74, 6) is 0.643. The summed E-state index contributed by atoms with van der Waals surface area (Å²) in [6.45, 7) is 0.292. The van der Waals surface area contributed by atoms with Crippen molar-refractivity contribution in [3.63, 3.8) is 0 Å². The zero-order valence-corrected chi connectivity index (χ0v) is 13.9. The average molecular weight is 358 g/mol. The van der Waals surface area contributed by atoms with Crippen molar-refractivity contribution in [2.24, 2.45) is 0 Å². The summed E-state index contributed by atoms with van der Waals surface area (Å²) in [5, 5.41) is 14.3. The van der Waals surface area contributed by atoms with E-state index in [1.165, 1.54) is 11.3 Å². The van der Waals surface area contributed by atoms with Gasteiger partial charge < -0.3 is 15.4 Å². The molecule has 0 aliphatic carbocycles. The Morgan fingerprint density at radius 3 is 2.92 bits per heavy atom. The minimum Gasteiger partial charge on any atom is -0.506 e. The molecule has 0 bridgehead atoms. The normalized spacial score (nSPS) is 11.2. The average Bonchev–Trinajstić information content (AvgIpc) is 2.93. The van der Waals surface area contributed by atoms with E-state index in [4.69, 9.17) is 11.6 Å². The number of hydrogen-bond donors (Lipinski definition) is 3. The molecule has 0 unspecified atom stereocenters. The highest BCUT2D eigenvalue weighted by atomic mass is 35.5. The van der Waals surface area contributed by atoms with Gasteiger partial charge in [-0.1, -0.05) is 23.7 Å². The van der Waals surface area contributed by atoms with Gasteiger partial charge in [-0.05, 0) is 30.3 Å². The largest absolute Gasteiger partial charge is 0.506 e. The molecule has 120 valence electrons. The molecular weight excluding hydrogens is 346 g/mol. The van der Waals surface area contributed by atoms with Crippen LogP contribution in [0.15, 0.2) is 47.3 Å². The molecule has 0 saturated carbocycles. The summed E-state index contributed by atoms with van der Waals surface area (Å²) in [4.78, 5) is 19.7. The van der Waals surface area contributed by atoms with Crippen LogP contribution >= 0.6 is 22.9 Å². The smallest absolute Gasteiger partial charge is 0.268 e. The van der Waals surface area contributed by atoms with Gasteiger partial charge in [0.2, 0.25) is 0 Å². The van der Waals surface area contributed by atoms with Crippen molar-refractivity contribution in [2.75, 3.05) is 5.32 Å². The standard InChI is InChI=1S/C17H12ClN3O2S/c18-9-5-6-13-10(7-9)15-16(24-13)17(23)21-14(20-15)8-19-11-3-1-2-4-12(11)22/h1-7,19,22H,8H2,(H,20,21,23). The fourth-order valence-electron chi connectivity index (χ4n) is 2.56. The number of anilines is 1. The van der Waals surface area contributed by atoms with Crippen LogP contribution in [-0.2, 0) is 6.54 Å². The highest BCUT2D eigenvalue weighted by molar-refractivity contribution is 7.25. The summed E-state index contributed by atoms with van der Waals surface area (Å²) >= 11 is 7.46. The molecule has 4 rings (SSSR count). The monoisotopic (exact) mass is 357 g/mol. The molecule has 4 aromatic rings. The Morgan fingerprint density at radius 2 is 2.08 bits per heavy atom. The van der Waals surface area contributed by atoms with Crippen LogP contribution in [0, 0.1) is 0 Å². The molecule has 0 aliphatic rings. The number of nitrogens with one attached hydrogen (secondary N) is 2. The molecule has 0 spiro atoms. The van der Waals surface area contributed by atoms with Gasteiger partial charge in [0.15, 0.2) is 0 Å². The van der Waals surface area contributed by atoms with Gasteiger partial charge in [-0.15, -0.1) is 11.3 Å². The van der Waals surface area contributed by atoms with Gasteiger partial charge in [0.25, 0.3) is 5.56 Å². The molecule has 0 atom stereocenters. The number of aromatic amines is 1. The molecule has 0 aliphatic heterocycles. The first-order valence-electron chi connectivity index (χ1n) is 7.24. The van der Waals surface area contributed by atoms with E-state index >= 15 is 0 Å². The SMILES string of the molecule is O=c1[nH]c(CNc2ccccc2O)nc2c1sc1ccc(Cl)cc12. The van der Waals surface area contributed by atoms with Crippen molar-refractivity contribution in [3.05, 3.63) is 63.7 Å². The van der Waals surface area contributed by atoms with E-state index in [1.807, 2.05) is 18.2 Å². The Morgan fingerprint density at radius 1 is 1.25 bits per heavy atom. The minimum atomic E-state index is -0.175. The van der Waals surface area contributed by atoms with Crippen molar-refractivity contribution in [1.82, 2.24) is 9.97 Å².